The highest BCUT2D eigenvalue weighted by atomic mass is 79.9. The predicted molar refractivity (Wildman–Crippen MR) is 125 cm³/mol. The van der Waals surface area contributed by atoms with E-state index in [1.165, 1.54) is 0 Å². The smallest absolute Gasteiger partial charge is 0.262 e. The Morgan fingerprint density at radius 3 is 2.39 bits per heavy atom. The Labute approximate surface area is 188 Å². The summed E-state index contributed by atoms with van der Waals surface area (Å²) >= 11 is 3.45. The Balaban J connectivity index is 1.59. The number of hydrogen-bond acceptors (Lipinski definition) is 4. The second-order valence-electron chi connectivity index (χ2n) is 6.67. The summed E-state index contributed by atoms with van der Waals surface area (Å²) in [5.41, 5.74) is 1.40. The van der Waals surface area contributed by atoms with Gasteiger partial charge in [-0.2, -0.15) is 0 Å². The average molecular weight is 475 g/mol. The van der Waals surface area contributed by atoms with Crippen LogP contribution in [-0.4, -0.2) is 23.3 Å². The van der Waals surface area contributed by atoms with Gasteiger partial charge in [-0.1, -0.05) is 52.0 Å². The number of para-hydroxylation sites is 1. The lowest BCUT2D eigenvalue weighted by atomic mass is 10.2. The van der Waals surface area contributed by atoms with E-state index >= 15 is 0 Å². The van der Waals surface area contributed by atoms with E-state index in [1.54, 1.807) is 17.7 Å². The largest absolute Gasteiger partial charge is 0.497 e. The van der Waals surface area contributed by atoms with Gasteiger partial charge in [-0.15, -0.1) is 0 Å². The lowest BCUT2D eigenvalue weighted by Gasteiger charge is -2.11. The molecule has 0 aliphatic rings. The van der Waals surface area contributed by atoms with Crippen molar-refractivity contribution in [2.24, 2.45) is 0 Å². The maximum Gasteiger partial charge on any atom is 0.262 e. The zero-order chi connectivity index (χ0) is 21.6. The van der Waals surface area contributed by atoms with Crippen molar-refractivity contribution in [1.82, 2.24) is 9.55 Å². The number of benzene rings is 3. The van der Waals surface area contributed by atoms with Gasteiger partial charge in [0.15, 0.2) is 0 Å². The van der Waals surface area contributed by atoms with Crippen LogP contribution in [0.25, 0.3) is 22.3 Å². The van der Waals surface area contributed by atoms with Crippen LogP contribution in [0.1, 0.15) is 0 Å². The number of nitrogens with zero attached hydrogens (tertiary/aromatic N) is 2. The molecule has 3 aromatic carbocycles. The Morgan fingerprint density at radius 1 is 0.935 bits per heavy atom. The fourth-order valence-electron chi connectivity index (χ4n) is 3.11. The molecule has 0 saturated carbocycles. The number of fused-ring (bicyclic) bond motifs is 1. The van der Waals surface area contributed by atoms with Crippen molar-refractivity contribution in [2.75, 3.05) is 13.7 Å². The monoisotopic (exact) mass is 474 g/mol. The van der Waals surface area contributed by atoms with E-state index in [2.05, 4.69) is 27.8 Å². The van der Waals surface area contributed by atoms with E-state index in [1.807, 2.05) is 66.7 Å². The van der Waals surface area contributed by atoms with E-state index in [4.69, 9.17) is 14.5 Å². The first-order valence-electron chi connectivity index (χ1n) is 9.64. The number of aromatic nitrogens is 2. The third kappa shape index (κ3) is 4.79. The maximum atomic E-state index is 13.1. The minimum absolute atomic E-state index is 0.117. The number of hydrogen-bond donors (Lipinski definition) is 0. The first kappa shape index (κ1) is 20.7. The van der Waals surface area contributed by atoms with Gasteiger partial charge in [0.1, 0.15) is 23.9 Å². The lowest BCUT2D eigenvalue weighted by molar-refractivity contribution is 0.367. The molecule has 4 rings (SSSR count). The Kier molecular flexibility index (Phi) is 6.34. The van der Waals surface area contributed by atoms with Crippen LogP contribution >= 0.6 is 15.9 Å². The van der Waals surface area contributed by atoms with E-state index in [9.17, 15) is 4.79 Å². The molecule has 0 atom stereocenters. The van der Waals surface area contributed by atoms with Gasteiger partial charge in [-0.25, -0.2) is 4.98 Å². The highest BCUT2D eigenvalue weighted by molar-refractivity contribution is 9.10. The predicted octanol–water partition coefficient (Wildman–Crippen LogP) is 4.92. The summed E-state index contributed by atoms with van der Waals surface area (Å²) in [7, 11) is 1.62. The molecule has 0 fully saturated rings. The number of ether oxygens (including phenoxy) is 2. The molecule has 0 bridgehead atoms. The van der Waals surface area contributed by atoms with Gasteiger partial charge < -0.3 is 9.47 Å². The molecule has 154 valence electrons. The Morgan fingerprint density at radius 2 is 1.65 bits per heavy atom. The number of methoxy groups -OCH3 is 1. The number of halogens is 1. The number of rotatable bonds is 5. The molecule has 0 unspecified atom stereocenters. The van der Waals surface area contributed by atoms with Gasteiger partial charge in [-0.05, 0) is 48.5 Å². The zero-order valence-electron chi connectivity index (χ0n) is 16.8. The molecule has 0 saturated heterocycles. The molecule has 4 aromatic rings. The van der Waals surface area contributed by atoms with Crippen molar-refractivity contribution in [2.45, 2.75) is 6.54 Å². The third-order valence-electron chi connectivity index (χ3n) is 4.70. The lowest BCUT2D eigenvalue weighted by Crippen LogP contribution is -2.23. The topological polar surface area (TPSA) is 53.4 Å². The zero-order valence-corrected chi connectivity index (χ0v) is 18.4. The molecule has 6 heteroatoms. The second kappa shape index (κ2) is 9.50. The van der Waals surface area contributed by atoms with Gasteiger partial charge in [0.05, 0.1) is 24.6 Å². The molecular weight excluding hydrogens is 456 g/mol. The van der Waals surface area contributed by atoms with Crippen molar-refractivity contribution in [3.8, 4) is 34.7 Å². The summed E-state index contributed by atoms with van der Waals surface area (Å²) in [4.78, 5) is 17.9. The van der Waals surface area contributed by atoms with Crippen molar-refractivity contribution >= 4 is 26.8 Å². The first-order valence-corrected chi connectivity index (χ1v) is 10.4. The highest BCUT2D eigenvalue weighted by Crippen LogP contribution is 2.21. The molecule has 0 spiro atoms. The van der Waals surface area contributed by atoms with Crippen LogP contribution in [0.4, 0.5) is 0 Å². The Hall–Kier alpha value is -3.56. The SMILES string of the molecule is COc1ccc(OCC#CCn2c(-c3ccc(Br)cc3)nc3ccccc3c2=O)cc1. The van der Waals surface area contributed by atoms with Gasteiger partial charge in [0.2, 0.25) is 0 Å². The van der Waals surface area contributed by atoms with Crippen LogP contribution in [0.5, 0.6) is 11.5 Å². The molecule has 0 aliphatic heterocycles. The van der Waals surface area contributed by atoms with E-state index in [0.29, 0.717) is 22.5 Å². The molecule has 0 N–H and O–H groups in total. The fourth-order valence-corrected chi connectivity index (χ4v) is 3.38. The van der Waals surface area contributed by atoms with Crippen molar-refractivity contribution in [3.05, 3.63) is 87.6 Å². The van der Waals surface area contributed by atoms with Gasteiger partial charge in [-0.3, -0.25) is 9.36 Å². The average Bonchev–Trinajstić information content (AvgIpc) is 2.81. The van der Waals surface area contributed by atoms with Crippen LogP contribution in [0.15, 0.2) is 82.1 Å². The summed E-state index contributed by atoms with van der Waals surface area (Å²) in [5.74, 6) is 8.07. The van der Waals surface area contributed by atoms with E-state index in [0.717, 1.165) is 15.8 Å². The van der Waals surface area contributed by atoms with Crippen molar-refractivity contribution in [3.63, 3.8) is 0 Å². The molecule has 5 nitrogen and oxygen atoms in total. The van der Waals surface area contributed by atoms with Crippen LogP contribution in [0.3, 0.4) is 0 Å². The van der Waals surface area contributed by atoms with E-state index < -0.39 is 0 Å². The summed E-state index contributed by atoms with van der Waals surface area (Å²) in [6.07, 6.45) is 0. The first-order chi connectivity index (χ1) is 15.2. The van der Waals surface area contributed by atoms with Crippen molar-refractivity contribution < 1.29 is 9.47 Å². The van der Waals surface area contributed by atoms with Crippen LogP contribution in [-0.2, 0) is 6.54 Å². The van der Waals surface area contributed by atoms with Gasteiger partial charge >= 0.3 is 0 Å². The highest BCUT2D eigenvalue weighted by Gasteiger charge is 2.12. The van der Waals surface area contributed by atoms with Crippen LogP contribution in [0, 0.1) is 11.8 Å². The maximum absolute atomic E-state index is 13.1. The third-order valence-corrected chi connectivity index (χ3v) is 5.23. The van der Waals surface area contributed by atoms with Crippen LogP contribution in [0.2, 0.25) is 0 Å². The molecule has 1 aromatic heterocycles. The van der Waals surface area contributed by atoms with Crippen molar-refractivity contribution in [1.29, 1.82) is 0 Å². The quantitative estimate of drug-likeness (QED) is 0.385. The summed E-state index contributed by atoms with van der Waals surface area (Å²) in [6.45, 7) is 0.434. The molecule has 31 heavy (non-hydrogen) atoms. The molecular formula is C25H19BrN2O3. The van der Waals surface area contributed by atoms with E-state index in [-0.39, 0.29) is 18.7 Å². The summed E-state index contributed by atoms with van der Waals surface area (Å²) < 4.78 is 13.3. The minimum atomic E-state index is -0.117. The molecule has 0 radical (unpaired) electrons. The van der Waals surface area contributed by atoms with Gasteiger partial charge in [0, 0.05) is 10.0 Å². The normalized spacial score (nSPS) is 10.4. The summed E-state index contributed by atoms with van der Waals surface area (Å²) in [5, 5.41) is 0.569. The second-order valence-corrected chi connectivity index (χ2v) is 7.58. The summed E-state index contributed by atoms with van der Waals surface area (Å²) in [6, 6.07) is 22.4. The molecule has 1 heterocycles. The standard InChI is InChI=1S/C25H19BrN2O3/c1-30-20-12-14-21(15-13-20)31-17-5-4-16-28-24(18-8-10-19(26)11-9-18)27-23-7-3-2-6-22(23)25(28)29/h2-3,6-15H,16-17H2,1H3. The fraction of sp³-hybridized carbons (Fsp3) is 0.120. The molecule has 0 aliphatic carbocycles. The molecule has 0 amide bonds. The van der Waals surface area contributed by atoms with Crippen LogP contribution < -0.4 is 15.0 Å². The Bertz CT molecular complexity index is 1320. The minimum Gasteiger partial charge on any atom is -0.497 e. The van der Waals surface area contributed by atoms with Gasteiger partial charge in [0.25, 0.3) is 5.56 Å².